The van der Waals surface area contributed by atoms with Crippen molar-refractivity contribution >= 4 is 27.6 Å². The topological polar surface area (TPSA) is 66.0 Å². The van der Waals surface area contributed by atoms with Gasteiger partial charge in [0.25, 0.3) is 0 Å². The first-order valence-electron chi connectivity index (χ1n) is 4.67. The van der Waals surface area contributed by atoms with Gasteiger partial charge < -0.3 is 0 Å². The highest BCUT2D eigenvalue weighted by Crippen LogP contribution is 2.11. The number of benzene rings is 1. The quantitative estimate of drug-likeness (QED) is 0.670. The number of hydrogen-bond acceptors (Lipinski definition) is 4. The normalized spacial score (nSPS) is 11.5. The minimum atomic E-state index is 0.525. The smallest absolute Gasteiger partial charge is 0.239 e. The van der Waals surface area contributed by atoms with Crippen LogP contribution in [0.25, 0.3) is 0 Å². The number of rotatable bonds is 3. The van der Waals surface area contributed by atoms with Crippen molar-refractivity contribution in [3.05, 3.63) is 40.6 Å². The van der Waals surface area contributed by atoms with Gasteiger partial charge in [0.05, 0.1) is 5.71 Å². The Kier molecular flexibility index (Phi) is 3.31. The summed E-state index contributed by atoms with van der Waals surface area (Å²) in [7, 11) is 0. The first kappa shape index (κ1) is 10.8. The van der Waals surface area contributed by atoms with Crippen LogP contribution in [0.3, 0.4) is 0 Å². The number of nitrogens with one attached hydrogen (secondary N) is 2. The van der Waals surface area contributed by atoms with Crippen molar-refractivity contribution in [3.8, 4) is 0 Å². The van der Waals surface area contributed by atoms with E-state index < -0.39 is 0 Å². The molecule has 1 aromatic heterocycles. The van der Waals surface area contributed by atoms with E-state index in [2.05, 4.69) is 41.6 Å². The maximum Gasteiger partial charge on any atom is 0.239 e. The Morgan fingerprint density at radius 2 is 2.12 bits per heavy atom. The lowest BCUT2D eigenvalue weighted by Gasteiger charge is -2.01. The lowest BCUT2D eigenvalue weighted by Crippen LogP contribution is -2.00. The standard InChI is InChI=1S/C10H10BrN5/c1-7(8-2-4-9(11)5-3-8)14-16-10-12-6-13-15-10/h2-6H,1H3,(H2,12,13,15,16)/b14-7+. The van der Waals surface area contributed by atoms with Crippen molar-refractivity contribution in [2.24, 2.45) is 5.10 Å². The summed E-state index contributed by atoms with van der Waals surface area (Å²) in [5.41, 5.74) is 4.71. The van der Waals surface area contributed by atoms with Crippen molar-refractivity contribution in [1.82, 2.24) is 15.2 Å². The molecule has 0 saturated heterocycles. The molecule has 0 atom stereocenters. The number of aromatic nitrogens is 3. The van der Waals surface area contributed by atoms with E-state index >= 15 is 0 Å². The van der Waals surface area contributed by atoms with E-state index in [1.54, 1.807) is 0 Å². The van der Waals surface area contributed by atoms with Crippen LogP contribution in [0.5, 0.6) is 0 Å². The van der Waals surface area contributed by atoms with Crippen molar-refractivity contribution in [3.63, 3.8) is 0 Å². The average Bonchev–Trinajstić information content (AvgIpc) is 2.80. The SMILES string of the molecule is C/C(=N\Nc1ncn[nH]1)c1ccc(Br)cc1. The van der Waals surface area contributed by atoms with Crippen molar-refractivity contribution in [2.45, 2.75) is 6.92 Å². The van der Waals surface area contributed by atoms with Crippen LogP contribution >= 0.6 is 15.9 Å². The van der Waals surface area contributed by atoms with E-state index in [1.165, 1.54) is 6.33 Å². The zero-order chi connectivity index (χ0) is 11.4. The molecule has 0 bridgehead atoms. The van der Waals surface area contributed by atoms with Crippen LogP contribution in [0.15, 0.2) is 40.2 Å². The van der Waals surface area contributed by atoms with Crippen LogP contribution < -0.4 is 5.43 Å². The fraction of sp³-hybridized carbons (Fsp3) is 0.100. The summed E-state index contributed by atoms with van der Waals surface area (Å²) in [6.07, 6.45) is 1.42. The van der Waals surface area contributed by atoms with Gasteiger partial charge in [-0.1, -0.05) is 28.1 Å². The fourth-order valence-corrected chi connectivity index (χ4v) is 1.42. The molecule has 16 heavy (non-hydrogen) atoms. The fourth-order valence-electron chi connectivity index (χ4n) is 1.15. The monoisotopic (exact) mass is 279 g/mol. The van der Waals surface area contributed by atoms with E-state index in [0.29, 0.717) is 5.95 Å². The molecule has 0 unspecified atom stereocenters. The highest BCUT2D eigenvalue weighted by Gasteiger charge is 1.97. The first-order chi connectivity index (χ1) is 7.75. The second-order valence-electron chi connectivity index (χ2n) is 3.15. The van der Waals surface area contributed by atoms with Crippen LogP contribution in [-0.2, 0) is 0 Å². The molecule has 1 aromatic carbocycles. The summed E-state index contributed by atoms with van der Waals surface area (Å²) < 4.78 is 1.05. The molecule has 0 spiro atoms. The minimum Gasteiger partial charge on any atom is -0.245 e. The Bertz CT molecular complexity index is 474. The number of anilines is 1. The molecule has 2 N–H and O–H groups in total. The molecule has 2 aromatic rings. The number of H-pyrrole nitrogens is 1. The van der Waals surface area contributed by atoms with Crippen molar-refractivity contribution in [2.75, 3.05) is 5.43 Å². The Morgan fingerprint density at radius 3 is 2.75 bits per heavy atom. The summed E-state index contributed by atoms with van der Waals surface area (Å²) in [4.78, 5) is 3.90. The third-order valence-electron chi connectivity index (χ3n) is 2.01. The number of hydrogen-bond donors (Lipinski definition) is 2. The van der Waals surface area contributed by atoms with E-state index in [9.17, 15) is 0 Å². The van der Waals surface area contributed by atoms with Crippen molar-refractivity contribution in [1.29, 1.82) is 0 Å². The summed E-state index contributed by atoms with van der Waals surface area (Å²) >= 11 is 3.39. The van der Waals surface area contributed by atoms with E-state index in [-0.39, 0.29) is 0 Å². The van der Waals surface area contributed by atoms with Gasteiger partial charge in [-0.05, 0) is 24.6 Å². The second kappa shape index (κ2) is 4.89. The molecular formula is C10H10BrN5. The van der Waals surface area contributed by atoms with E-state index in [1.807, 2.05) is 31.2 Å². The first-order valence-corrected chi connectivity index (χ1v) is 5.46. The summed E-state index contributed by atoms with van der Waals surface area (Å²) in [5, 5.41) is 10.6. The third-order valence-corrected chi connectivity index (χ3v) is 2.54. The molecule has 0 amide bonds. The summed E-state index contributed by atoms with van der Waals surface area (Å²) in [6, 6.07) is 7.93. The van der Waals surface area contributed by atoms with Gasteiger partial charge in [0.15, 0.2) is 0 Å². The average molecular weight is 280 g/mol. The number of hydrazone groups is 1. The molecule has 82 valence electrons. The van der Waals surface area contributed by atoms with Gasteiger partial charge in [-0.3, -0.25) is 0 Å². The van der Waals surface area contributed by atoms with E-state index in [4.69, 9.17) is 0 Å². The summed E-state index contributed by atoms with van der Waals surface area (Å²) in [5.74, 6) is 0.525. The van der Waals surface area contributed by atoms with Crippen LogP contribution in [0.2, 0.25) is 0 Å². The lowest BCUT2D eigenvalue weighted by atomic mass is 10.1. The molecule has 0 saturated carbocycles. The Balaban J connectivity index is 2.09. The Labute approximate surface area is 101 Å². The molecule has 0 fully saturated rings. The van der Waals surface area contributed by atoms with Crippen LogP contribution in [0.1, 0.15) is 12.5 Å². The maximum absolute atomic E-state index is 4.18. The Hall–Kier alpha value is -1.69. The van der Waals surface area contributed by atoms with Crippen LogP contribution in [0, 0.1) is 0 Å². The number of halogens is 1. The molecular weight excluding hydrogens is 270 g/mol. The maximum atomic E-state index is 4.18. The van der Waals surface area contributed by atoms with Gasteiger partial charge in [-0.2, -0.15) is 15.2 Å². The van der Waals surface area contributed by atoms with Crippen LogP contribution in [0.4, 0.5) is 5.95 Å². The van der Waals surface area contributed by atoms with E-state index in [0.717, 1.165) is 15.7 Å². The van der Waals surface area contributed by atoms with Gasteiger partial charge in [0.2, 0.25) is 5.95 Å². The molecule has 0 aliphatic carbocycles. The van der Waals surface area contributed by atoms with Gasteiger partial charge >= 0.3 is 0 Å². The zero-order valence-corrected chi connectivity index (χ0v) is 10.2. The number of nitrogens with zero attached hydrogens (tertiary/aromatic N) is 3. The Morgan fingerprint density at radius 1 is 1.38 bits per heavy atom. The van der Waals surface area contributed by atoms with Crippen LogP contribution in [-0.4, -0.2) is 20.9 Å². The molecule has 0 radical (unpaired) electrons. The molecule has 0 aliphatic heterocycles. The molecule has 2 rings (SSSR count). The highest BCUT2D eigenvalue weighted by atomic mass is 79.9. The highest BCUT2D eigenvalue weighted by molar-refractivity contribution is 9.10. The minimum absolute atomic E-state index is 0.525. The van der Waals surface area contributed by atoms with Gasteiger partial charge in [0, 0.05) is 4.47 Å². The largest absolute Gasteiger partial charge is 0.245 e. The van der Waals surface area contributed by atoms with Crippen molar-refractivity contribution < 1.29 is 0 Å². The molecule has 5 nitrogen and oxygen atoms in total. The lowest BCUT2D eigenvalue weighted by molar-refractivity contribution is 1.08. The molecule has 0 aliphatic rings. The predicted octanol–water partition coefficient (Wildman–Crippen LogP) is 2.40. The zero-order valence-electron chi connectivity index (χ0n) is 8.61. The van der Waals surface area contributed by atoms with Gasteiger partial charge in [0.1, 0.15) is 6.33 Å². The molecule has 1 heterocycles. The third kappa shape index (κ3) is 2.66. The molecule has 6 heteroatoms. The van der Waals surface area contributed by atoms with Gasteiger partial charge in [-0.15, -0.1) is 0 Å². The second-order valence-corrected chi connectivity index (χ2v) is 4.07. The summed E-state index contributed by atoms with van der Waals surface area (Å²) in [6.45, 7) is 1.92. The van der Waals surface area contributed by atoms with Gasteiger partial charge in [-0.25, -0.2) is 10.5 Å². The predicted molar refractivity (Wildman–Crippen MR) is 66.4 cm³/mol. The number of aromatic amines is 1.